The lowest BCUT2D eigenvalue weighted by molar-refractivity contribution is -0.119. The van der Waals surface area contributed by atoms with Crippen molar-refractivity contribution < 1.29 is 27.1 Å². The van der Waals surface area contributed by atoms with Crippen molar-refractivity contribution in [3.8, 4) is 0 Å². The van der Waals surface area contributed by atoms with Crippen molar-refractivity contribution in [2.45, 2.75) is 25.7 Å². The van der Waals surface area contributed by atoms with Crippen LogP contribution < -0.4 is 5.32 Å². The minimum absolute atomic E-state index is 0.0835. The zero-order chi connectivity index (χ0) is 18.3. The predicted octanol–water partition coefficient (Wildman–Crippen LogP) is 1.15. The highest BCUT2D eigenvalue weighted by Crippen LogP contribution is 2.19. The number of halogens is 1. The summed E-state index contributed by atoms with van der Waals surface area (Å²) in [7, 11) is -3.81. The molecule has 134 valence electrons. The van der Waals surface area contributed by atoms with Crippen LogP contribution in [0.3, 0.4) is 0 Å². The lowest BCUT2D eigenvalue weighted by Crippen LogP contribution is -2.31. The van der Waals surface area contributed by atoms with Gasteiger partial charge in [0.2, 0.25) is 15.9 Å². The predicted molar refractivity (Wildman–Crippen MR) is 85.5 cm³/mol. The van der Waals surface area contributed by atoms with Crippen LogP contribution in [0.25, 0.3) is 0 Å². The monoisotopic (exact) mass is 360 g/mol. The number of hydrogen-bond donors (Lipinski definition) is 1. The van der Waals surface area contributed by atoms with E-state index >= 15 is 0 Å². The summed E-state index contributed by atoms with van der Waals surface area (Å²) in [5, 5.41) is 2.42. The van der Waals surface area contributed by atoms with E-state index < -0.39 is 27.4 Å². The number of ether oxygens (including phenoxy) is 1. The van der Waals surface area contributed by atoms with Crippen LogP contribution in [0.1, 0.15) is 31.1 Å². The van der Waals surface area contributed by atoms with Crippen molar-refractivity contribution in [1.29, 1.82) is 0 Å². The van der Waals surface area contributed by atoms with E-state index in [-0.39, 0.29) is 37.0 Å². The second kappa shape index (κ2) is 8.74. The number of carbonyl (C=O) groups excluding carboxylic acids is 2. The molecule has 1 aromatic rings. The number of carbonyl (C=O) groups is 2. The maximum absolute atomic E-state index is 13.8. The zero-order valence-corrected chi connectivity index (χ0v) is 14.7. The van der Waals surface area contributed by atoms with Crippen LogP contribution in [0.2, 0.25) is 0 Å². The van der Waals surface area contributed by atoms with E-state index in [1.54, 1.807) is 13.8 Å². The summed E-state index contributed by atoms with van der Waals surface area (Å²) < 4.78 is 44.7. The number of sulfonamides is 1. The Morgan fingerprint density at radius 1 is 1.25 bits per heavy atom. The van der Waals surface area contributed by atoms with Gasteiger partial charge in [0.15, 0.2) is 0 Å². The van der Waals surface area contributed by atoms with E-state index in [0.717, 1.165) is 18.2 Å². The van der Waals surface area contributed by atoms with Gasteiger partial charge in [-0.25, -0.2) is 17.6 Å². The first-order valence-corrected chi connectivity index (χ1v) is 8.89. The third-order valence-electron chi connectivity index (χ3n) is 3.21. The van der Waals surface area contributed by atoms with Crippen LogP contribution in [0.15, 0.2) is 23.1 Å². The molecule has 0 spiro atoms. The molecule has 0 atom stereocenters. The van der Waals surface area contributed by atoms with Crippen molar-refractivity contribution in [2.75, 3.05) is 26.2 Å². The van der Waals surface area contributed by atoms with E-state index in [1.807, 2.05) is 0 Å². The third kappa shape index (κ3) is 5.00. The number of hydrogen-bond acceptors (Lipinski definition) is 5. The van der Waals surface area contributed by atoms with E-state index in [4.69, 9.17) is 4.74 Å². The minimum atomic E-state index is -3.81. The molecule has 0 bridgehead atoms. The fourth-order valence-corrected chi connectivity index (χ4v) is 3.47. The lowest BCUT2D eigenvalue weighted by atomic mass is 10.2. The number of benzene rings is 1. The largest absolute Gasteiger partial charge is 0.460 e. The molecule has 0 aliphatic heterocycles. The van der Waals surface area contributed by atoms with Crippen LogP contribution in [-0.4, -0.2) is 50.8 Å². The molecule has 0 unspecified atom stereocenters. The van der Waals surface area contributed by atoms with Crippen molar-refractivity contribution in [2.24, 2.45) is 0 Å². The van der Waals surface area contributed by atoms with Gasteiger partial charge in [-0.1, -0.05) is 13.8 Å². The molecule has 0 aromatic heterocycles. The molecule has 1 rings (SSSR count). The highest BCUT2D eigenvalue weighted by molar-refractivity contribution is 7.89. The molecule has 0 radical (unpaired) electrons. The molecule has 0 saturated heterocycles. The highest BCUT2D eigenvalue weighted by atomic mass is 32.2. The van der Waals surface area contributed by atoms with Crippen molar-refractivity contribution in [3.05, 3.63) is 29.6 Å². The second-order valence-electron chi connectivity index (χ2n) is 4.85. The normalized spacial score (nSPS) is 11.4. The van der Waals surface area contributed by atoms with Crippen molar-refractivity contribution in [1.82, 2.24) is 9.62 Å². The summed E-state index contributed by atoms with van der Waals surface area (Å²) in [5.41, 5.74) is -0.467. The molecule has 9 heteroatoms. The maximum atomic E-state index is 13.8. The van der Waals surface area contributed by atoms with Gasteiger partial charge in [-0.05, 0) is 18.2 Å². The standard InChI is InChI=1S/C15H21FN2O5S/c1-4-18(5-2)24(21,22)12-6-7-14(16)13(10-12)15(20)23-9-8-17-11(3)19/h6-7,10H,4-5,8-9H2,1-3H3,(H,17,19). The molecule has 0 aliphatic carbocycles. The number of nitrogens with zero attached hydrogens (tertiary/aromatic N) is 1. The van der Waals surface area contributed by atoms with Crippen LogP contribution in [0.4, 0.5) is 4.39 Å². The van der Waals surface area contributed by atoms with Gasteiger partial charge in [-0.2, -0.15) is 4.31 Å². The van der Waals surface area contributed by atoms with Crippen molar-refractivity contribution >= 4 is 21.9 Å². The Balaban J connectivity index is 2.97. The van der Waals surface area contributed by atoms with Crippen LogP contribution in [0, 0.1) is 5.82 Å². The summed E-state index contributed by atoms with van der Waals surface area (Å²) in [6, 6.07) is 2.99. The Hall–Kier alpha value is -2.00. The zero-order valence-electron chi connectivity index (χ0n) is 13.8. The first-order valence-electron chi connectivity index (χ1n) is 7.45. The topological polar surface area (TPSA) is 92.8 Å². The average molecular weight is 360 g/mol. The van der Waals surface area contributed by atoms with E-state index in [1.165, 1.54) is 11.2 Å². The molecular weight excluding hydrogens is 339 g/mol. The van der Waals surface area contributed by atoms with Gasteiger partial charge >= 0.3 is 5.97 Å². The molecule has 0 aliphatic rings. The molecule has 0 saturated carbocycles. The maximum Gasteiger partial charge on any atom is 0.341 e. The van der Waals surface area contributed by atoms with Crippen molar-refractivity contribution in [3.63, 3.8) is 0 Å². The Kier molecular flexibility index (Phi) is 7.30. The van der Waals surface area contributed by atoms with E-state index in [9.17, 15) is 22.4 Å². The summed E-state index contributed by atoms with van der Waals surface area (Å²) in [5.74, 6) is -2.16. The average Bonchev–Trinajstić information content (AvgIpc) is 2.52. The molecule has 7 nitrogen and oxygen atoms in total. The smallest absolute Gasteiger partial charge is 0.341 e. The Morgan fingerprint density at radius 2 is 1.88 bits per heavy atom. The van der Waals surface area contributed by atoms with Crippen LogP contribution in [-0.2, 0) is 19.6 Å². The lowest BCUT2D eigenvalue weighted by Gasteiger charge is -2.18. The van der Waals surface area contributed by atoms with Crippen LogP contribution >= 0.6 is 0 Å². The Morgan fingerprint density at radius 3 is 2.42 bits per heavy atom. The fraction of sp³-hybridized carbons (Fsp3) is 0.467. The van der Waals surface area contributed by atoms with Gasteiger partial charge in [0.25, 0.3) is 0 Å². The van der Waals surface area contributed by atoms with Gasteiger partial charge in [0.05, 0.1) is 17.0 Å². The van der Waals surface area contributed by atoms with Gasteiger partial charge < -0.3 is 10.1 Å². The first-order chi connectivity index (χ1) is 11.2. The SMILES string of the molecule is CCN(CC)S(=O)(=O)c1ccc(F)c(C(=O)OCCNC(C)=O)c1. The summed E-state index contributed by atoms with van der Waals surface area (Å²) >= 11 is 0. The number of esters is 1. The van der Waals surface area contributed by atoms with Crippen LogP contribution in [0.5, 0.6) is 0 Å². The summed E-state index contributed by atoms with van der Waals surface area (Å²) in [6.45, 7) is 5.12. The quantitative estimate of drug-likeness (QED) is 0.554. The molecule has 1 aromatic carbocycles. The van der Waals surface area contributed by atoms with Gasteiger partial charge in [0.1, 0.15) is 12.4 Å². The first kappa shape index (κ1) is 20.0. The molecule has 24 heavy (non-hydrogen) atoms. The third-order valence-corrected chi connectivity index (χ3v) is 5.26. The summed E-state index contributed by atoms with van der Waals surface area (Å²) in [4.78, 5) is 22.4. The number of rotatable bonds is 8. The number of nitrogens with one attached hydrogen (secondary N) is 1. The Labute approximate surface area is 140 Å². The molecule has 1 amide bonds. The number of amides is 1. The van der Waals surface area contributed by atoms with Gasteiger partial charge in [0, 0.05) is 20.0 Å². The minimum Gasteiger partial charge on any atom is -0.460 e. The highest BCUT2D eigenvalue weighted by Gasteiger charge is 2.24. The van der Waals surface area contributed by atoms with Gasteiger partial charge in [-0.15, -0.1) is 0 Å². The molecule has 0 fully saturated rings. The second-order valence-corrected chi connectivity index (χ2v) is 6.79. The fourth-order valence-electron chi connectivity index (χ4n) is 1.98. The molecular formula is C15H21FN2O5S. The summed E-state index contributed by atoms with van der Waals surface area (Å²) in [6.07, 6.45) is 0. The van der Waals surface area contributed by atoms with E-state index in [2.05, 4.69) is 5.32 Å². The molecule has 0 heterocycles. The van der Waals surface area contributed by atoms with Gasteiger partial charge in [-0.3, -0.25) is 4.79 Å². The Bertz CT molecular complexity index is 702. The molecule has 1 N–H and O–H groups in total. The van der Waals surface area contributed by atoms with E-state index in [0.29, 0.717) is 0 Å².